The number of nitrogens with one attached hydrogen (secondary N) is 2. The molecule has 1 aromatic carbocycles. The van der Waals surface area contributed by atoms with E-state index < -0.39 is 5.97 Å². The van der Waals surface area contributed by atoms with Gasteiger partial charge in [-0.2, -0.15) is 0 Å². The highest BCUT2D eigenvalue weighted by Gasteiger charge is 2.70. The molecule has 4 fully saturated rings. The van der Waals surface area contributed by atoms with Gasteiger partial charge in [-0.15, -0.1) is 0 Å². The van der Waals surface area contributed by atoms with Crippen molar-refractivity contribution >= 4 is 23.3 Å². The molecule has 0 radical (unpaired) electrons. The van der Waals surface area contributed by atoms with Gasteiger partial charge in [-0.05, 0) is 157 Å². The highest BCUT2D eigenvalue weighted by Crippen LogP contribution is 2.77. The average Bonchev–Trinajstić information content (AvgIpc) is 3.45. The highest BCUT2D eigenvalue weighted by molar-refractivity contribution is 5.89. The number of carboxylic acid groups (broad SMARTS) is 1. The number of pyridine rings is 1. The third kappa shape index (κ3) is 5.13. The lowest BCUT2D eigenvalue weighted by atomic mass is 9.32. The van der Waals surface area contributed by atoms with E-state index in [2.05, 4.69) is 69.8 Å². The minimum Gasteiger partial charge on any atom is -0.478 e. The maximum Gasteiger partial charge on any atom is 0.335 e. The molecule has 1 aromatic heterocycles. The first kappa shape index (κ1) is 34.1. The SMILES string of the molecule is C=C(C)[C@@H]1CC[C@]2(CNC(=O)Nc3cccnc3)CC[C@]3(C)[C@H](CC[C@@H]4[C@@]5(C)CC=C(c6ccc(C(=O)O)cc6)C(C)(C)[C@@H]5CC[C@]43C)[C@@H]12. The van der Waals surface area contributed by atoms with Crippen molar-refractivity contribution < 1.29 is 14.7 Å². The molecule has 0 bridgehead atoms. The largest absolute Gasteiger partial charge is 0.478 e. The molecule has 2 amide bonds. The molecule has 9 atom stereocenters. The lowest BCUT2D eigenvalue weighted by Crippen LogP contribution is -2.66. The van der Waals surface area contributed by atoms with Crippen molar-refractivity contribution in [3.05, 3.63) is 78.1 Å². The fourth-order valence-electron chi connectivity index (χ4n) is 13.3. The van der Waals surface area contributed by atoms with E-state index in [1.807, 2.05) is 24.3 Å². The van der Waals surface area contributed by atoms with Crippen LogP contribution in [0.15, 0.2) is 67.0 Å². The summed E-state index contributed by atoms with van der Waals surface area (Å²) in [6.07, 6.45) is 16.7. The van der Waals surface area contributed by atoms with Crippen LogP contribution in [0.1, 0.15) is 115 Å². The molecule has 3 N–H and O–H groups in total. The third-order valence-electron chi connectivity index (χ3n) is 15.8. The summed E-state index contributed by atoms with van der Waals surface area (Å²) in [6, 6.07) is 11.1. The molecule has 0 aliphatic heterocycles. The van der Waals surface area contributed by atoms with Gasteiger partial charge in [-0.3, -0.25) is 4.98 Å². The van der Waals surface area contributed by atoms with E-state index in [1.54, 1.807) is 24.5 Å². The van der Waals surface area contributed by atoms with Crippen LogP contribution in [0.3, 0.4) is 0 Å². The first-order valence-corrected chi connectivity index (χ1v) is 18.8. The van der Waals surface area contributed by atoms with Crippen LogP contribution in [0.2, 0.25) is 0 Å². The summed E-state index contributed by atoms with van der Waals surface area (Å²) in [6.45, 7) is 20.4. The van der Waals surface area contributed by atoms with Crippen molar-refractivity contribution in [1.29, 1.82) is 0 Å². The molecule has 6 heteroatoms. The van der Waals surface area contributed by atoms with Gasteiger partial charge < -0.3 is 15.7 Å². The van der Waals surface area contributed by atoms with Gasteiger partial charge in [0.15, 0.2) is 0 Å². The summed E-state index contributed by atoms with van der Waals surface area (Å²) in [5.74, 6) is 2.00. The Balaban J connectivity index is 1.17. The van der Waals surface area contributed by atoms with E-state index in [-0.39, 0.29) is 33.1 Å². The Hall–Kier alpha value is -3.41. The predicted octanol–water partition coefficient (Wildman–Crippen LogP) is 10.3. The lowest BCUT2D eigenvalue weighted by molar-refractivity contribution is -0.224. The molecule has 1 heterocycles. The highest BCUT2D eigenvalue weighted by atomic mass is 16.4. The minimum atomic E-state index is -0.874. The molecule has 6 nitrogen and oxygen atoms in total. The minimum absolute atomic E-state index is 0.00288. The Bertz CT molecular complexity index is 1660. The third-order valence-corrected chi connectivity index (χ3v) is 15.8. The van der Waals surface area contributed by atoms with Crippen LogP contribution in [0.4, 0.5) is 10.5 Å². The first-order valence-electron chi connectivity index (χ1n) is 18.8. The van der Waals surface area contributed by atoms with Gasteiger partial charge in [0, 0.05) is 12.7 Å². The molecule has 5 aliphatic rings. The Labute approximate surface area is 293 Å². The van der Waals surface area contributed by atoms with Crippen LogP contribution >= 0.6 is 0 Å². The molecule has 0 saturated heterocycles. The topological polar surface area (TPSA) is 91.3 Å². The number of carbonyl (C=O) groups excluding carboxylic acids is 1. The Morgan fingerprint density at radius 2 is 1.67 bits per heavy atom. The molecule has 4 saturated carbocycles. The fraction of sp³-hybridized carbons (Fsp3) is 0.605. The number of carboxylic acids is 1. The number of allylic oxidation sites excluding steroid dienone is 3. The van der Waals surface area contributed by atoms with E-state index in [9.17, 15) is 14.7 Å². The lowest BCUT2D eigenvalue weighted by Gasteiger charge is -2.72. The van der Waals surface area contributed by atoms with E-state index in [0.29, 0.717) is 35.2 Å². The molecule has 49 heavy (non-hydrogen) atoms. The van der Waals surface area contributed by atoms with Gasteiger partial charge in [0.1, 0.15) is 0 Å². The van der Waals surface area contributed by atoms with Crippen molar-refractivity contribution in [2.45, 2.75) is 99.3 Å². The van der Waals surface area contributed by atoms with Crippen molar-refractivity contribution in [3.8, 4) is 0 Å². The van der Waals surface area contributed by atoms with Crippen molar-refractivity contribution in [2.24, 2.45) is 56.7 Å². The molecule has 262 valence electrons. The number of aromatic carboxylic acids is 1. The van der Waals surface area contributed by atoms with Crippen molar-refractivity contribution in [3.63, 3.8) is 0 Å². The van der Waals surface area contributed by atoms with E-state index in [4.69, 9.17) is 0 Å². The van der Waals surface area contributed by atoms with Gasteiger partial charge >= 0.3 is 12.0 Å². The van der Waals surface area contributed by atoms with Gasteiger partial charge in [-0.25, -0.2) is 9.59 Å². The number of rotatable bonds is 6. The maximum atomic E-state index is 13.1. The number of amides is 2. The molecular weight excluding hydrogens is 606 g/mol. The number of nitrogens with zero attached hydrogens (tertiary/aromatic N) is 1. The van der Waals surface area contributed by atoms with Gasteiger partial charge in [0.2, 0.25) is 0 Å². The number of urea groups is 1. The van der Waals surface area contributed by atoms with Gasteiger partial charge in [0.25, 0.3) is 0 Å². The number of aromatic nitrogens is 1. The second-order valence-corrected chi connectivity index (χ2v) is 18.0. The zero-order chi connectivity index (χ0) is 35.0. The molecule has 7 rings (SSSR count). The first-order chi connectivity index (χ1) is 23.2. The quantitative estimate of drug-likeness (QED) is 0.268. The van der Waals surface area contributed by atoms with Crippen LogP contribution in [-0.2, 0) is 0 Å². The van der Waals surface area contributed by atoms with Crippen LogP contribution in [0.5, 0.6) is 0 Å². The monoisotopic (exact) mass is 663 g/mol. The van der Waals surface area contributed by atoms with Gasteiger partial charge in [-0.1, -0.05) is 65.0 Å². The number of hydrogen-bond acceptors (Lipinski definition) is 3. The average molecular weight is 664 g/mol. The summed E-state index contributed by atoms with van der Waals surface area (Å²) in [4.78, 5) is 28.8. The molecule has 2 aromatic rings. The smallest absolute Gasteiger partial charge is 0.335 e. The molecule has 5 aliphatic carbocycles. The van der Waals surface area contributed by atoms with Gasteiger partial charge in [0.05, 0.1) is 17.4 Å². The second kappa shape index (κ2) is 11.8. The molecular formula is C43H57N3O3. The number of anilines is 1. The number of fused-ring (bicyclic) bond motifs is 7. The Morgan fingerprint density at radius 1 is 0.918 bits per heavy atom. The fourth-order valence-corrected chi connectivity index (χ4v) is 13.3. The summed E-state index contributed by atoms with van der Waals surface area (Å²) in [7, 11) is 0. The summed E-state index contributed by atoms with van der Waals surface area (Å²) in [5, 5.41) is 15.8. The van der Waals surface area contributed by atoms with Crippen LogP contribution in [0, 0.1) is 56.7 Å². The summed E-state index contributed by atoms with van der Waals surface area (Å²) in [5.41, 5.74) is 5.71. The maximum absolute atomic E-state index is 13.1. The summed E-state index contributed by atoms with van der Waals surface area (Å²) >= 11 is 0. The number of carbonyl (C=O) groups is 2. The van der Waals surface area contributed by atoms with E-state index in [1.165, 1.54) is 55.2 Å². The zero-order valence-electron chi connectivity index (χ0n) is 30.6. The van der Waals surface area contributed by atoms with Crippen molar-refractivity contribution in [2.75, 3.05) is 11.9 Å². The van der Waals surface area contributed by atoms with Crippen LogP contribution in [-0.4, -0.2) is 28.6 Å². The van der Waals surface area contributed by atoms with E-state index >= 15 is 0 Å². The zero-order valence-corrected chi connectivity index (χ0v) is 30.6. The normalized spacial score (nSPS) is 38.9. The Morgan fingerprint density at radius 3 is 2.35 bits per heavy atom. The standard InChI is InChI=1S/C43H57N3O3/c1-27(2)31-16-21-43(26-45-38(49)46-30-9-8-24-44-25-30)23-22-41(6)33(36(31)43)14-15-35-40(5)19-17-32(28-10-12-29(13-11-28)37(47)48)39(3,4)34(40)18-20-42(35,41)7/h8-13,17,24-25,31,33-36H,1,14-16,18-23,26H2,2-7H3,(H,47,48)(H2,45,46,49)/t31-,33+,34-,35+,36+,40-,41+,42+,43+/m0/s1. The predicted molar refractivity (Wildman–Crippen MR) is 197 cm³/mol. The van der Waals surface area contributed by atoms with Crippen LogP contribution < -0.4 is 10.6 Å². The number of benzene rings is 1. The Kier molecular flexibility index (Phi) is 8.23. The second-order valence-electron chi connectivity index (χ2n) is 18.0. The molecule has 0 unspecified atom stereocenters. The van der Waals surface area contributed by atoms with Crippen LogP contribution in [0.25, 0.3) is 5.57 Å². The van der Waals surface area contributed by atoms with Crippen molar-refractivity contribution in [1.82, 2.24) is 10.3 Å². The van der Waals surface area contributed by atoms with E-state index in [0.717, 1.165) is 31.5 Å². The number of hydrogen-bond donors (Lipinski definition) is 3. The molecule has 0 spiro atoms. The summed E-state index contributed by atoms with van der Waals surface area (Å²) < 4.78 is 0.